The standard InChI is InChI=1S/C17H14FNS/c18-14-6-8-15(9-7-14)19-12-16-10-11-17(20-16)13-4-2-1-3-5-13/h1-11,19H,12H2. The zero-order valence-corrected chi connectivity index (χ0v) is 11.7. The van der Waals surface area contributed by atoms with E-state index in [0.717, 1.165) is 12.2 Å². The van der Waals surface area contributed by atoms with Crippen molar-refractivity contribution in [2.45, 2.75) is 6.54 Å². The summed E-state index contributed by atoms with van der Waals surface area (Å²) in [6.07, 6.45) is 0. The third-order valence-electron chi connectivity index (χ3n) is 3.03. The van der Waals surface area contributed by atoms with E-state index >= 15 is 0 Å². The van der Waals surface area contributed by atoms with Crippen LogP contribution in [0.5, 0.6) is 0 Å². The van der Waals surface area contributed by atoms with Crippen LogP contribution < -0.4 is 5.32 Å². The number of nitrogens with one attached hydrogen (secondary N) is 1. The Bertz CT molecular complexity index is 674. The van der Waals surface area contributed by atoms with Crippen LogP contribution in [-0.2, 0) is 6.54 Å². The van der Waals surface area contributed by atoms with Gasteiger partial charge in [-0.15, -0.1) is 11.3 Å². The fraction of sp³-hybridized carbons (Fsp3) is 0.0588. The summed E-state index contributed by atoms with van der Waals surface area (Å²) < 4.78 is 12.8. The Labute approximate surface area is 121 Å². The van der Waals surface area contributed by atoms with Gasteiger partial charge in [0, 0.05) is 22.0 Å². The van der Waals surface area contributed by atoms with Gasteiger partial charge in [-0.3, -0.25) is 0 Å². The van der Waals surface area contributed by atoms with Crippen LogP contribution in [0.25, 0.3) is 10.4 Å². The van der Waals surface area contributed by atoms with Crippen molar-refractivity contribution in [2.75, 3.05) is 5.32 Å². The van der Waals surface area contributed by atoms with Crippen molar-refractivity contribution in [2.24, 2.45) is 0 Å². The molecular formula is C17H14FNS. The normalized spacial score (nSPS) is 10.4. The third-order valence-corrected chi connectivity index (χ3v) is 4.17. The van der Waals surface area contributed by atoms with Crippen molar-refractivity contribution < 1.29 is 4.39 Å². The molecule has 0 unspecified atom stereocenters. The van der Waals surface area contributed by atoms with Crippen LogP contribution in [0.1, 0.15) is 4.88 Å². The van der Waals surface area contributed by atoms with Gasteiger partial charge < -0.3 is 5.32 Å². The van der Waals surface area contributed by atoms with Crippen LogP contribution in [-0.4, -0.2) is 0 Å². The highest BCUT2D eigenvalue weighted by molar-refractivity contribution is 7.15. The Kier molecular flexibility index (Phi) is 3.79. The Balaban J connectivity index is 1.67. The zero-order chi connectivity index (χ0) is 13.8. The molecule has 0 atom stereocenters. The number of benzene rings is 2. The van der Waals surface area contributed by atoms with Crippen LogP contribution in [0, 0.1) is 5.82 Å². The predicted octanol–water partition coefficient (Wildman–Crippen LogP) is 5.17. The maximum atomic E-state index is 12.8. The third kappa shape index (κ3) is 3.06. The molecule has 0 fully saturated rings. The summed E-state index contributed by atoms with van der Waals surface area (Å²) >= 11 is 1.77. The largest absolute Gasteiger partial charge is 0.380 e. The summed E-state index contributed by atoms with van der Waals surface area (Å²) in [4.78, 5) is 2.52. The molecule has 0 amide bonds. The molecule has 3 aromatic rings. The van der Waals surface area contributed by atoms with Gasteiger partial charge in [0.05, 0.1) is 0 Å². The number of halogens is 1. The Morgan fingerprint density at radius 2 is 1.60 bits per heavy atom. The molecule has 0 saturated carbocycles. The SMILES string of the molecule is Fc1ccc(NCc2ccc(-c3ccccc3)s2)cc1. The monoisotopic (exact) mass is 283 g/mol. The molecule has 0 aliphatic rings. The van der Waals surface area contributed by atoms with Gasteiger partial charge in [0.25, 0.3) is 0 Å². The first-order valence-electron chi connectivity index (χ1n) is 6.45. The lowest BCUT2D eigenvalue weighted by Crippen LogP contribution is -1.96. The number of rotatable bonds is 4. The number of hydrogen-bond donors (Lipinski definition) is 1. The molecule has 0 aliphatic carbocycles. The number of thiophene rings is 1. The highest BCUT2D eigenvalue weighted by Crippen LogP contribution is 2.28. The van der Waals surface area contributed by atoms with Crippen LogP contribution in [0.2, 0.25) is 0 Å². The second-order valence-electron chi connectivity index (χ2n) is 4.49. The van der Waals surface area contributed by atoms with Gasteiger partial charge in [0.15, 0.2) is 0 Å². The van der Waals surface area contributed by atoms with Gasteiger partial charge in [0.2, 0.25) is 0 Å². The fourth-order valence-corrected chi connectivity index (χ4v) is 2.94. The number of hydrogen-bond acceptors (Lipinski definition) is 2. The summed E-state index contributed by atoms with van der Waals surface area (Å²) in [5, 5.41) is 3.30. The highest BCUT2D eigenvalue weighted by Gasteiger charge is 2.02. The van der Waals surface area contributed by atoms with Gasteiger partial charge in [0.1, 0.15) is 5.82 Å². The van der Waals surface area contributed by atoms with Gasteiger partial charge in [-0.05, 0) is 42.0 Å². The number of anilines is 1. The van der Waals surface area contributed by atoms with E-state index in [2.05, 4.69) is 29.6 Å². The van der Waals surface area contributed by atoms with E-state index in [0.29, 0.717) is 0 Å². The summed E-state index contributed by atoms with van der Waals surface area (Å²) in [6, 6.07) is 21.0. The first kappa shape index (κ1) is 12.9. The minimum absolute atomic E-state index is 0.210. The highest BCUT2D eigenvalue weighted by atomic mass is 32.1. The first-order valence-corrected chi connectivity index (χ1v) is 7.26. The molecule has 2 aromatic carbocycles. The molecule has 1 aromatic heterocycles. The quantitative estimate of drug-likeness (QED) is 0.697. The molecule has 3 heteroatoms. The molecule has 1 N–H and O–H groups in total. The van der Waals surface area contributed by atoms with E-state index in [1.54, 1.807) is 23.5 Å². The molecule has 20 heavy (non-hydrogen) atoms. The molecule has 0 spiro atoms. The summed E-state index contributed by atoms with van der Waals surface area (Å²) in [5.74, 6) is -0.210. The van der Waals surface area contributed by atoms with Gasteiger partial charge in [-0.25, -0.2) is 4.39 Å². The maximum absolute atomic E-state index is 12.8. The Morgan fingerprint density at radius 3 is 2.35 bits per heavy atom. The molecule has 100 valence electrons. The molecule has 1 heterocycles. The second kappa shape index (κ2) is 5.88. The molecule has 0 saturated heterocycles. The van der Waals surface area contributed by atoms with E-state index in [-0.39, 0.29) is 5.82 Å². The Hall–Kier alpha value is -2.13. The lowest BCUT2D eigenvalue weighted by atomic mass is 10.2. The molecule has 0 aliphatic heterocycles. The molecule has 0 bridgehead atoms. The van der Waals surface area contributed by atoms with Crippen molar-refractivity contribution in [3.05, 3.63) is 77.4 Å². The van der Waals surface area contributed by atoms with Crippen molar-refractivity contribution in [1.82, 2.24) is 0 Å². The van der Waals surface area contributed by atoms with Crippen LogP contribution in [0.3, 0.4) is 0 Å². The van der Waals surface area contributed by atoms with E-state index in [9.17, 15) is 4.39 Å². The van der Waals surface area contributed by atoms with Gasteiger partial charge in [-0.1, -0.05) is 30.3 Å². The summed E-state index contributed by atoms with van der Waals surface area (Å²) in [6.45, 7) is 0.753. The minimum atomic E-state index is -0.210. The van der Waals surface area contributed by atoms with Crippen LogP contribution >= 0.6 is 11.3 Å². The second-order valence-corrected chi connectivity index (χ2v) is 5.66. The van der Waals surface area contributed by atoms with E-state index in [1.807, 2.05) is 18.2 Å². The van der Waals surface area contributed by atoms with E-state index in [1.165, 1.54) is 27.5 Å². The Morgan fingerprint density at radius 1 is 0.850 bits per heavy atom. The molecule has 3 rings (SSSR count). The average molecular weight is 283 g/mol. The first-order chi connectivity index (χ1) is 9.81. The van der Waals surface area contributed by atoms with Gasteiger partial charge >= 0.3 is 0 Å². The van der Waals surface area contributed by atoms with Crippen molar-refractivity contribution in [3.63, 3.8) is 0 Å². The lowest BCUT2D eigenvalue weighted by Gasteiger charge is -2.04. The zero-order valence-electron chi connectivity index (χ0n) is 10.8. The van der Waals surface area contributed by atoms with Crippen LogP contribution in [0.15, 0.2) is 66.7 Å². The fourth-order valence-electron chi connectivity index (χ4n) is 1.99. The van der Waals surface area contributed by atoms with Crippen molar-refractivity contribution >= 4 is 17.0 Å². The molecule has 0 radical (unpaired) electrons. The average Bonchev–Trinajstić information content (AvgIpc) is 2.97. The minimum Gasteiger partial charge on any atom is -0.380 e. The van der Waals surface area contributed by atoms with Crippen molar-refractivity contribution in [3.8, 4) is 10.4 Å². The summed E-state index contributed by atoms with van der Waals surface area (Å²) in [7, 11) is 0. The van der Waals surface area contributed by atoms with E-state index in [4.69, 9.17) is 0 Å². The summed E-state index contributed by atoms with van der Waals surface area (Å²) in [5.41, 5.74) is 2.17. The smallest absolute Gasteiger partial charge is 0.123 e. The van der Waals surface area contributed by atoms with Crippen LogP contribution in [0.4, 0.5) is 10.1 Å². The molecule has 1 nitrogen and oxygen atoms in total. The lowest BCUT2D eigenvalue weighted by molar-refractivity contribution is 0.628. The predicted molar refractivity (Wildman–Crippen MR) is 83.5 cm³/mol. The van der Waals surface area contributed by atoms with Crippen molar-refractivity contribution in [1.29, 1.82) is 0 Å². The maximum Gasteiger partial charge on any atom is 0.123 e. The topological polar surface area (TPSA) is 12.0 Å². The van der Waals surface area contributed by atoms with E-state index < -0.39 is 0 Å². The van der Waals surface area contributed by atoms with Gasteiger partial charge in [-0.2, -0.15) is 0 Å². The molecular weight excluding hydrogens is 269 g/mol.